The lowest BCUT2D eigenvalue weighted by Crippen LogP contribution is -2.08. The van der Waals surface area contributed by atoms with Crippen molar-refractivity contribution in [2.45, 2.75) is 56.6 Å². The fourth-order valence-electron chi connectivity index (χ4n) is 1.87. The average molecular weight is 198 g/mol. The van der Waals surface area contributed by atoms with Crippen LogP contribution >= 0.6 is 11.8 Å². The molecular formula is C12H22S. The summed E-state index contributed by atoms with van der Waals surface area (Å²) in [5, 5.41) is 0.998. The lowest BCUT2D eigenvalue weighted by molar-refractivity contribution is 0.516. The van der Waals surface area contributed by atoms with Gasteiger partial charge in [-0.3, -0.25) is 0 Å². The molecule has 0 aromatic carbocycles. The van der Waals surface area contributed by atoms with Crippen LogP contribution in [0.25, 0.3) is 0 Å². The normalized spacial score (nSPS) is 18.8. The molecule has 1 saturated carbocycles. The average Bonchev–Trinajstić information content (AvgIpc) is 2.19. The van der Waals surface area contributed by atoms with Gasteiger partial charge in [-0.05, 0) is 37.9 Å². The van der Waals surface area contributed by atoms with Crippen LogP contribution in [0, 0.1) is 0 Å². The number of unbranched alkanes of at least 4 members (excludes halogenated alkanes) is 2. The predicted octanol–water partition coefficient (Wildman–Crippen LogP) is 4.41. The van der Waals surface area contributed by atoms with Crippen LogP contribution in [0.2, 0.25) is 0 Å². The Balaban J connectivity index is 1.89. The molecule has 0 radical (unpaired) electrons. The van der Waals surface area contributed by atoms with Gasteiger partial charge in [-0.25, -0.2) is 0 Å². The van der Waals surface area contributed by atoms with E-state index in [-0.39, 0.29) is 0 Å². The first-order valence-corrected chi connectivity index (χ1v) is 6.71. The summed E-state index contributed by atoms with van der Waals surface area (Å²) in [4.78, 5) is 0. The Kier molecular flexibility index (Phi) is 6.43. The first kappa shape index (κ1) is 11.2. The minimum atomic E-state index is 0.998. The minimum Gasteiger partial charge on any atom is -0.159 e. The van der Waals surface area contributed by atoms with Gasteiger partial charge in [0.1, 0.15) is 0 Å². The Labute approximate surface area is 87.2 Å². The van der Waals surface area contributed by atoms with E-state index in [1.165, 1.54) is 57.1 Å². The molecule has 0 aromatic heterocycles. The van der Waals surface area contributed by atoms with Gasteiger partial charge < -0.3 is 0 Å². The lowest BCUT2D eigenvalue weighted by Gasteiger charge is -2.20. The molecule has 1 rings (SSSR count). The summed E-state index contributed by atoms with van der Waals surface area (Å²) in [5.74, 6) is 1.37. The zero-order chi connectivity index (χ0) is 9.36. The Hall–Kier alpha value is 0.0900. The summed E-state index contributed by atoms with van der Waals surface area (Å²) >= 11 is 2.21. The van der Waals surface area contributed by atoms with Crippen molar-refractivity contribution in [3.63, 3.8) is 0 Å². The van der Waals surface area contributed by atoms with E-state index in [9.17, 15) is 0 Å². The molecule has 0 saturated heterocycles. The van der Waals surface area contributed by atoms with Crippen LogP contribution in [-0.2, 0) is 0 Å². The molecule has 1 heteroatoms. The van der Waals surface area contributed by atoms with Crippen LogP contribution in [0.4, 0.5) is 0 Å². The van der Waals surface area contributed by atoms with E-state index < -0.39 is 0 Å². The van der Waals surface area contributed by atoms with Crippen molar-refractivity contribution in [3.05, 3.63) is 12.7 Å². The molecule has 0 heterocycles. The van der Waals surface area contributed by atoms with Crippen molar-refractivity contribution in [2.24, 2.45) is 0 Å². The van der Waals surface area contributed by atoms with Gasteiger partial charge in [0.25, 0.3) is 0 Å². The first-order valence-electron chi connectivity index (χ1n) is 5.66. The summed E-state index contributed by atoms with van der Waals surface area (Å²) in [6.07, 6.45) is 13.3. The third-order valence-electron chi connectivity index (χ3n) is 2.71. The molecule has 76 valence electrons. The largest absolute Gasteiger partial charge is 0.159 e. The molecule has 1 fully saturated rings. The summed E-state index contributed by atoms with van der Waals surface area (Å²) in [6.45, 7) is 3.74. The van der Waals surface area contributed by atoms with Crippen LogP contribution < -0.4 is 0 Å². The number of thioether (sulfide) groups is 1. The van der Waals surface area contributed by atoms with E-state index in [2.05, 4.69) is 18.3 Å². The summed E-state index contributed by atoms with van der Waals surface area (Å²) < 4.78 is 0. The summed E-state index contributed by atoms with van der Waals surface area (Å²) in [6, 6.07) is 0. The molecular weight excluding hydrogens is 176 g/mol. The number of hydrogen-bond donors (Lipinski definition) is 0. The van der Waals surface area contributed by atoms with E-state index in [1.54, 1.807) is 0 Å². The first-order chi connectivity index (χ1) is 6.43. The van der Waals surface area contributed by atoms with Crippen molar-refractivity contribution in [3.8, 4) is 0 Å². The lowest BCUT2D eigenvalue weighted by atomic mass is 10.0. The van der Waals surface area contributed by atoms with Gasteiger partial charge in [-0.2, -0.15) is 11.8 Å². The maximum Gasteiger partial charge on any atom is 0.00470 e. The third kappa shape index (κ3) is 5.41. The molecule has 0 bridgehead atoms. The van der Waals surface area contributed by atoms with Crippen LogP contribution in [0.15, 0.2) is 12.7 Å². The molecule has 0 unspecified atom stereocenters. The van der Waals surface area contributed by atoms with E-state index in [0.29, 0.717) is 0 Å². The topological polar surface area (TPSA) is 0 Å². The molecule has 0 spiro atoms. The highest BCUT2D eigenvalue weighted by atomic mass is 32.2. The second kappa shape index (κ2) is 7.49. The highest BCUT2D eigenvalue weighted by molar-refractivity contribution is 7.99. The van der Waals surface area contributed by atoms with Crippen LogP contribution in [0.3, 0.4) is 0 Å². The summed E-state index contributed by atoms with van der Waals surface area (Å²) in [5.41, 5.74) is 0. The quantitative estimate of drug-likeness (QED) is 0.450. The second-order valence-corrected chi connectivity index (χ2v) is 5.32. The Morgan fingerprint density at radius 2 is 1.92 bits per heavy atom. The zero-order valence-corrected chi connectivity index (χ0v) is 9.45. The molecule has 13 heavy (non-hydrogen) atoms. The van der Waals surface area contributed by atoms with Gasteiger partial charge in [-0.1, -0.05) is 25.3 Å². The molecule has 1 aliphatic carbocycles. The monoisotopic (exact) mass is 198 g/mol. The van der Waals surface area contributed by atoms with Crippen molar-refractivity contribution < 1.29 is 0 Å². The third-order valence-corrected chi connectivity index (χ3v) is 4.18. The highest BCUT2D eigenvalue weighted by Crippen LogP contribution is 2.28. The van der Waals surface area contributed by atoms with Crippen molar-refractivity contribution in [2.75, 3.05) is 5.75 Å². The molecule has 0 N–H and O–H groups in total. The minimum absolute atomic E-state index is 0.998. The van der Waals surface area contributed by atoms with Gasteiger partial charge >= 0.3 is 0 Å². The van der Waals surface area contributed by atoms with Crippen LogP contribution in [-0.4, -0.2) is 11.0 Å². The maximum absolute atomic E-state index is 3.74. The smallest absolute Gasteiger partial charge is 0.00470 e. The number of rotatable bonds is 6. The standard InChI is InChI=1S/C12H22S/c1-2-3-4-8-11-13-12-9-6-5-7-10-12/h2,12H,1,3-11H2. The molecule has 0 aromatic rings. The van der Waals surface area contributed by atoms with Crippen molar-refractivity contribution >= 4 is 11.8 Å². The highest BCUT2D eigenvalue weighted by Gasteiger charge is 2.12. The Morgan fingerprint density at radius 3 is 2.62 bits per heavy atom. The van der Waals surface area contributed by atoms with Crippen molar-refractivity contribution in [1.29, 1.82) is 0 Å². The Morgan fingerprint density at radius 1 is 1.15 bits per heavy atom. The fourth-order valence-corrected chi connectivity index (χ4v) is 3.24. The predicted molar refractivity (Wildman–Crippen MR) is 63.4 cm³/mol. The van der Waals surface area contributed by atoms with Gasteiger partial charge in [0.15, 0.2) is 0 Å². The Bertz CT molecular complexity index is 125. The van der Waals surface area contributed by atoms with Gasteiger partial charge in [0.2, 0.25) is 0 Å². The molecule has 0 nitrogen and oxygen atoms in total. The molecule has 0 amide bonds. The molecule has 0 atom stereocenters. The van der Waals surface area contributed by atoms with Crippen molar-refractivity contribution in [1.82, 2.24) is 0 Å². The van der Waals surface area contributed by atoms with E-state index >= 15 is 0 Å². The van der Waals surface area contributed by atoms with E-state index in [4.69, 9.17) is 0 Å². The van der Waals surface area contributed by atoms with E-state index in [1.807, 2.05) is 6.08 Å². The number of hydrogen-bond acceptors (Lipinski definition) is 1. The molecule has 0 aliphatic heterocycles. The van der Waals surface area contributed by atoms with Gasteiger partial charge in [0, 0.05) is 5.25 Å². The molecule has 1 aliphatic rings. The fraction of sp³-hybridized carbons (Fsp3) is 0.833. The SMILES string of the molecule is C=CCCCCSC1CCCCC1. The summed E-state index contributed by atoms with van der Waals surface area (Å²) in [7, 11) is 0. The van der Waals surface area contributed by atoms with Crippen LogP contribution in [0.5, 0.6) is 0 Å². The zero-order valence-electron chi connectivity index (χ0n) is 8.63. The van der Waals surface area contributed by atoms with E-state index in [0.717, 1.165) is 5.25 Å². The number of allylic oxidation sites excluding steroid dienone is 1. The van der Waals surface area contributed by atoms with Gasteiger partial charge in [-0.15, -0.1) is 6.58 Å². The maximum atomic E-state index is 3.74. The second-order valence-electron chi connectivity index (χ2n) is 3.92. The van der Waals surface area contributed by atoms with Crippen LogP contribution in [0.1, 0.15) is 51.4 Å². The van der Waals surface area contributed by atoms with Gasteiger partial charge in [0.05, 0.1) is 0 Å².